The minimum absolute atomic E-state index is 0.254. The van der Waals surface area contributed by atoms with Crippen molar-refractivity contribution in [3.8, 4) is 0 Å². The molecular formula is C14H13Cl3N2. The number of nitrogens with zero attached hydrogens (tertiary/aromatic N) is 1. The smallest absolute Gasteiger partial charge is 0.150 e. The van der Waals surface area contributed by atoms with E-state index < -0.39 is 0 Å². The van der Waals surface area contributed by atoms with Crippen molar-refractivity contribution in [2.24, 2.45) is 0 Å². The summed E-state index contributed by atoms with van der Waals surface area (Å²) in [5.41, 5.74) is 2.52. The van der Waals surface area contributed by atoms with Crippen LogP contribution in [0.25, 0.3) is 0 Å². The summed E-state index contributed by atoms with van der Waals surface area (Å²) in [5.74, 6) is 0.559. The summed E-state index contributed by atoms with van der Waals surface area (Å²) in [6, 6.07) is 9.97. The van der Waals surface area contributed by atoms with E-state index in [0.29, 0.717) is 15.9 Å². The Morgan fingerprint density at radius 1 is 1.11 bits per heavy atom. The van der Waals surface area contributed by atoms with Crippen molar-refractivity contribution in [2.75, 3.05) is 11.9 Å². The first-order chi connectivity index (χ1) is 9.06. The lowest BCUT2D eigenvalue weighted by molar-refractivity contribution is 1.00. The quantitative estimate of drug-likeness (QED) is 0.803. The standard InChI is InChI=1S/C14H13Cl3N2/c1-9-3-2-4-10(7-9)5-6-18-14-12(16)8-11(15)13(17)19-14/h2-4,7-8H,5-6H2,1H3,(H,18,19). The van der Waals surface area contributed by atoms with Crippen molar-refractivity contribution in [2.45, 2.75) is 13.3 Å². The topological polar surface area (TPSA) is 24.9 Å². The van der Waals surface area contributed by atoms with Gasteiger partial charge in [-0.25, -0.2) is 4.98 Å². The van der Waals surface area contributed by atoms with Gasteiger partial charge in [-0.1, -0.05) is 64.6 Å². The Labute approximate surface area is 127 Å². The maximum Gasteiger partial charge on any atom is 0.150 e. The lowest BCUT2D eigenvalue weighted by atomic mass is 10.1. The third-order valence-corrected chi connectivity index (χ3v) is 3.64. The summed E-state index contributed by atoms with van der Waals surface area (Å²) in [4.78, 5) is 4.11. The Balaban J connectivity index is 1.98. The van der Waals surface area contributed by atoms with Gasteiger partial charge < -0.3 is 5.32 Å². The predicted molar refractivity (Wildman–Crippen MR) is 82.6 cm³/mol. The monoisotopic (exact) mass is 314 g/mol. The molecule has 1 aromatic heterocycles. The summed E-state index contributed by atoms with van der Waals surface area (Å²) in [7, 11) is 0. The predicted octanol–water partition coefficient (Wildman–Crippen LogP) is 5.00. The maximum absolute atomic E-state index is 6.04. The van der Waals surface area contributed by atoms with Crippen LogP contribution in [0.4, 0.5) is 5.82 Å². The summed E-state index contributed by atoms with van der Waals surface area (Å²) in [6.07, 6.45) is 0.889. The fourth-order valence-electron chi connectivity index (χ4n) is 1.76. The molecular weight excluding hydrogens is 303 g/mol. The van der Waals surface area contributed by atoms with Gasteiger partial charge in [-0.3, -0.25) is 0 Å². The van der Waals surface area contributed by atoms with Gasteiger partial charge in [0.1, 0.15) is 11.0 Å². The van der Waals surface area contributed by atoms with Crippen molar-refractivity contribution in [1.82, 2.24) is 4.98 Å². The molecule has 2 aromatic rings. The average molecular weight is 316 g/mol. The Kier molecular flexibility index (Phi) is 4.92. The summed E-state index contributed by atoms with van der Waals surface area (Å²) in [6.45, 7) is 2.81. The van der Waals surface area contributed by atoms with Gasteiger partial charge in [-0.15, -0.1) is 0 Å². The van der Waals surface area contributed by atoms with Gasteiger partial charge >= 0.3 is 0 Å². The van der Waals surface area contributed by atoms with Crippen LogP contribution < -0.4 is 5.32 Å². The van der Waals surface area contributed by atoms with Gasteiger partial charge in [-0.05, 0) is 25.0 Å². The zero-order chi connectivity index (χ0) is 13.8. The first kappa shape index (κ1) is 14.4. The van der Waals surface area contributed by atoms with Crippen molar-refractivity contribution in [1.29, 1.82) is 0 Å². The van der Waals surface area contributed by atoms with Crippen LogP contribution >= 0.6 is 34.8 Å². The second kappa shape index (κ2) is 6.47. The number of anilines is 1. The third-order valence-electron chi connectivity index (χ3n) is 2.68. The van der Waals surface area contributed by atoms with Crippen LogP contribution in [0.1, 0.15) is 11.1 Å². The molecule has 2 nitrogen and oxygen atoms in total. The van der Waals surface area contributed by atoms with Gasteiger partial charge in [0, 0.05) is 6.54 Å². The minimum atomic E-state index is 0.254. The van der Waals surface area contributed by atoms with Crippen molar-refractivity contribution in [3.63, 3.8) is 0 Å². The highest BCUT2D eigenvalue weighted by Crippen LogP contribution is 2.28. The van der Waals surface area contributed by atoms with Crippen molar-refractivity contribution in [3.05, 3.63) is 56.7 Å². The Hall–Kier alpha value is -0.960. The first-order valence-electron chi connectivity index (χ1n) is 5.87. The van der Waals surface area contributed by atoms with Crippen molar-refractivity contribution < 1.29 is 0 Å². The molecule has 0 aliphatic heterocycles. The Morgan fingerprint density at radius 2 is 1.89 bits per heavy atom. The molecule has 0 fully saturated rings. The largest absolute Gasteiger partial charge is 0.368 e. The minimum Gasteiger partial charge on any atom is -0.368 e. The van der Waals surface area contributed by atoms with Gasteiger partial charge in [0.15, 0.2) is 0 Å². The van der Waals surface area contributed by atoms with Crippen molar-refractivity contribution >= 4 is 40.6 Å². The van der Waals surface area contributed by atoms with E-state index in [1.165, 1.54) is 11.1 Å². The first-order valence-corrected chi connectivity index (χ1v) is 7.00. The molecule has 100 valence electrons. The maximum atomic E-state index is 6.04. The van der Waals surface area contributed by atoms with Gasteiger partial charge in [-0.2, -0.15) is 0 Å². The number of hydrogen-bond donors (Lipinski definition) is 1. The Bertz CT molecular complexity index is 585. The number of pyridine rings is 1. The normalized spacial score (nSPS) is 10.5. The molecule has 0 saturated carbocycles. The van der Waals surface area contributed by atoms with Crippen LogP contribution in [0.2, 0.25) is 15.2 Å². The highest BCUT2D eigenvalue weighted by molar-refractivity contribution is 6.42. The van der Waals surface area contributed by atoms with E-state index in [2.05, 4.69) is 41.5 Å². The van der Waals surface area contributed by atoms with E-state index >= 15 is 0 Å². The molecule has 0 bridgehead atoms. The molecule has 1 N–H and O–H groups in total. The molecule has 0 radical (unpaired) electrons. The number of halogens is 3. The lowest BCUT2D eigenvalue weighted by Crippen LogP contribution is -2.07. The molecule has 0 aliphatic rings. The number of nitrogens with one attached hydrogen (secondary N) is 1. The SMILES string of the molecule is Cc1cccc(CCNc2nc(Cl)c(Cl)cc2Cl)c1. The van der Waals surface area contributed by atoms with Crippen LogP contribution in [0.3, 0.4) is 0 Å². The van der Waals surface area contributed by atoms with Gasteiger partial charge in [0.05, 0.1) is 10.0 Å². The number of rotatable bonds is 4. The van der Waals surface area contributed by atoms with Crippen LogP contribution in [-0.2, 0) is 6.42 Å². The molecule has 1 heterocycles. The van der Waals surface area contributed by atoms with Gasteiger partial charge in [0.2, 0.25) is 0 Å². The number of aryl methyl sites for hydroxylation is 1. The number of hydrogen-bond acceptors (Lipinski definition) is 2. The number of aromatic nitrogens is 1. The average Bonchev–Trinajstić information content (AvgIpc) is 2.35. The van der Waals surface area contributed by atoms with Crippen LogP contribution in [0.5, 0.6) is 0 Å². The molecule has 19 heavy (non-hydrogen) atoms. The fraction of sp³-hybridized carbons (Fsp3) is 0.214. The molecule has 0 aliphatic carbocycles. The van der Waals surface area contributed by atoms with E-state index in [9.17, 15) is 0 Å². The molecule has 0 unspecified atom stereocenters. The van der Waals surface area contributed by atoms with E-state index in [1.54, 1.807) is 6.07 Å². The molecule has 0 saturated heterocycles. The van der Waals surface area contributed by atoms with Crippen LogP contribution in [-0.4, -0.2) is 11.5 Å². The third kappa shape index (κ3) is 4.00. The number of benzene rings is 1. The second-order valence-electron chi connectivity index (χ2n) is 4.26. The molecule has 1 aromatic carbocycles. The van der Waals surface area contributed by atoms with E-state index in [4.69, 9.17) is 34.8 Å². The fourth-order valence-corrected chi connectivity index (χ4v) is 2.33. The highest BCUT2D eigenvalue weighted by atomic mass is 35.5. The summed E-state index contributed by atoms with van der Waals surface area (Å²) >= 11 is 17.7. The Morgan fingerprint density at radius 3 is 2.63 bits per heavy atom. The summed E-state index contributed by atoms with van der Waals surface area (Å²) < 4.78 is 0. The van der Waals surface area contributed by atoms with Crippen LogP contribution in [0, 0.1) is 6.92 Å². The van der Waals surface area contributed by atoms with E-state index in [0.717, 1.165) is 13.0 Å². The molecule has 0 atom stereocenters. The molecule has 5 heteroatoms. The van der Waals surface area contributed by atoms with E-state index in [-0.39, 0.29) is 5.15 Å². The molecule has 0 amide bonds. The lowest BCUT2D eigenvalue weighted by Gasteiger charge is -2.09. The molecule has 0 spiro atoms. The summed E-state index contributed by atoms with van der Waals surface area (Å²) in [5, 5.41) is 4.24. The highest BCUT2D eigenvalue weighted by Gasteiger charge is 2.07. The van der Waals surface area contributed by atoms with Gasteiger partial charge in [0.25, 0.3) is 0 Å². The second-order valence-corrected chi connectivity index (χ2v) is 5.43. The van der Waals surface area contributed by atoms with Crippen LogP contribution in [0.15, 0.2) is 30.3 Å². The molecule has 2 rings (SSSR count). The zero-order valence-corrected chi connectivity index (χ0v) is 12.6. The zero-order valence-electron chi connectivity index (χ0n) is 10.4. The van der Waals surface area contributed by atoms with E-state index in [1.807, 2.05) is 0 Å².